The number of aliphatic hydroxyl groups is 2. The van der Waals surface area contributed by atoms with Gasteiger partial charge in [-0.15, -0.1) is 0 Å². The monoisotopic (exact) mass is 359 g/mol. The van der Waals surface area contributed by atoms with Crippen LogP contribution in [0.3, 0.4) is 0 Å². The second-order valence-electron chi connectivity index (χ2n) is 10.8. The summed E-state index contributed by atoms with van der Waals surface area (Å²) in [4.78, 5) is 14.5. The van der Waals surface area contributed by atoms with E-state index in [1.54, 1.807) is 6.92 Å². The van der Waals surface area contributed by atoms with Crippen molar-refractivity contribution in [3.8, 4) is 0 Å². The van der Waals surface area contributed by atoms with Crippen LogP contribution >= 0.6 is 0 Å². The number of hydrogen-bond donors (Lipinski definition) is 2. The predicted molar refractivity (Wildman–Crippen MR) is 99.2 cm³/mol. The number of rotatable bonds is 0. The van der Waals surface area contributed by atoms with Crippen molar-refractivity contribution in [1.82, 2.24) is 4.90 Å². The molecule has 1 saturated heterocycles. The first-order valence-corrected chi connectivity index (χ1v) is 10.5. The number of carbonyl (C=O) groups is 1. The van der Waals surface area contributed by atoms with Gasteiger partial charge in [-0.25, -0.2) is 0 Å². The van der Waals surface area contributed by atoms with Crippen molar-refractivity contribution in [2.45, 2.75) is 71.0 Å². The maximum atomic E-state index is 12.4. The number of aliphatic hydroxyl groups excluding tert-OH is 1. The number of hydrogen-bond acceptors (Lipinski definition) is 3. The molecule has 1 heterocycles. The topological polar surface area (TPSA) is 60.8 Å². The maximum absolute atomic E-state index is 12.4. The van der Waals surface area contributed by atoms with Crippen LogP contribution in [0.1, 0.15) is 59.3 Å². The number of carbonyl (C=O) groups excluding carboxylic acids is 1. The van der Waals surface area contributed by atoms with Crippen molar-refractivity contribution in [1.29, 1.82) is 0 Å². The van der Waals surface area contributed by atoms with Crippen LogP contribution in [0.25, 0.3) is 0 Å². The number of fused-ring (bicyclic) bond motifs is 1. The highest BCUT2D eigenvalue weighted by molar-refractivity contribution is 5.73. The lowest BCUT2D eigenvalue weighted by Gasteiger charge is -2.72. The average Bonchev–Trinajstić information content (AvgIpc) is 2.54. The van der Waals surface area contributed by atoms with Crippen molar-refractivity contribution >= 4 is 5.91 Å². The minimum Gasteiger partial charge on any atom is -0.392 e. The quantitative estimate of drug-likeness (QED) is 0.654. The van der Waals surface area contributed by atoms with Gasteiger partial charge in [0.15, 0.2) is 0 Å². The number of piperidine rings is 1. The van der Waals surface area contributed by atoms with Crippen LogP contribution in [-0.4, -0.2) is 45.8 Å². The molecule has 4 heteroatoms. The second kappa shape index (κ2) is 4.94. The van der Waals surface area contributed by atoms with Crippen molar-refractivity contribution < 1.29 is 15.0 Å². The number of likely N-dealkylation sites (tertiary alicyclic amines) is 1. The molecule has 0 aromatic carbocycles. The molecule has 0 aromatic rings. The molecule has 4 fully saturated rings. The van der Waals surface area contributed by atoms with Gasteiger partial charge in [0, 0.05) is 31.3 Å². The van der Waals surface area contributed by atoms with E-state index in [4.69, 9.17) is 0 Å². The molecule has 144 valence electrons. The predicted octanol–water partition coefficient (Wildman–Crippen LogP) is 2.74. The minimum atomic E-state index is -0.720. The highest BCUT2D eigenvalue weighted by Gasteiger charge is 2.71. The molecule has 6 rings (SSSR count). The van der Waals surface area contributed by atoms with Gasteiger partial charge in [-0.2, -0.15) is 0 Å². The van der Waals surface area contributed by atoms with Crippen LogP contribution in [0.5, 0.6) is 0 Å². The van der Waals surface area contributed by atoms with Gasteiger partial charge in [-0.3, -0.25) is 4.79 Å². The van der Waals surface area contributed by atoms with E-state index in [1.165, 1.54) is 12.8 Å². The van der Waals surface area contributed by atoms with Crippen LogP contribution in [0, 0.1) is 34.0 Å². The van der Waals surface area contributed by atoms with Gasteiger partial charge >= 0.3 is 0 Å². The molecular formula is C22H33NO3. The Morgan fingerprint density at radius 3 is 2.62 bits per heavy atom. The van der Waals surface area contributed by atoms with Gasteiger partial charge in [0.1, 0.15) is 0 Å². The average molecular weight is 360 g/mol. The van der Waals surface area contributed by atoms with Crippen LogP contribution in [0.15, 0.2) is 12.2 Å². The van der Waals surface area contributed by atoms with Gasteiger partial charge in [0.05, 0.1) is 11.7 Å². The molecule has 4 nitrogen and oxygen atoms in total. The zero-order valence-electron chi connectivity index (χ0n) is 16.4. The zero-order valence-corrected chi connectivity index (χ0v) is 16.4. The molecular weight excluding hydrogens is 326 g/mol. The lowest BCUT2D eigenvalue weighted by atomic mass is 9.35. The Balaban J connectivity index is 1.65. The fourth-order valence-electron chi connectivity index (χ4n) is 8.39. The van der Waals surface area contributed by atoms with Crippen molar-refractivity contribution in [3.63, 3.8) is 0 Å². The van der Waals surface area contributed by atoms with Gasteiger partial charge in [0.2, 0.25) is 5.91 Å². The smallest absolute Gasteiger partial charge is 0.219 e. The van der Waals surface area contributed by atoms with Gasteiger partial charge in [0.25, 0.3) is 0 Å². The molecule has 0 radical (unpaired) electrons. The van der Waals surface area contributed by atoms with Gasteiger partial charge in [-0.05, 0) is 61.7 Å². The number of amides is 1. The van der Waals surface area contributed by atoms with E-state index < -0.39 is 5.60 Å². The summed E-state index contributed by atoms with van der Waals surface area (Å²) in [5.74, 6) is 1.23. The van der Waals surface area contributed by atoms with Crippen LogP contribution in [0.2, 0.25) is 0 Å². The Kier molecular flexibility index (Phi) is 3.27. The fraction of sp³-hybridized carbons (Fsp3) is 0.864. The molecule has 1 amide bonds. The first-order valence-electron chi connectivity index (χ1n) is 10.5. The van der Waals surface area contributed by atoms with E-state index in [9.17, 15) is 15.0 Å². The first-order chi connectivity index (χ1) is 12.1. The molecule has 1 spiro atoms. The van der Waals surface area contributed by atoms with Crippen molar-refractivity contribution in [2.75, 3.05) is 13.1 Å². The normalized spacial score (nSPS) is 57.5. The van der Waals surface area contributed by atoms with E-state index in [0.29, 0.717) is 18.3 Å². The van der Waals surface area contributed by atoms with Crippen molar-refractivity contribution in [2.24, 2.45) is 34.0 Å². The minimum absolute atomic E-state index is 0.107. The summed E-state index contributed by atoms with van der Waals surface area (Å²) >= 11 is 0. The lowest BCUT2D eigenvalue weighted by molar-refractivity contribution is -0.254. The van der Waals surface area contributed by atoms with Gasteiger partial charge < -0.3 is 15.1 Å². The maximum Gasteiger partial charge on any atom is 0.219 e. The molecule has 3 saturated carbocycles. The standard InChI is InChI=1S/C22H33NO3/c1-14(24)23-12-19(2)6-4-7-22(13-23)16(19)10-18(25)21-8-5-15(9-17(21)22)20(3,26)11-21/h5,8,15-18,25-26H,4,6-7,9-13H2,1-3H3/t15?,16-,17?,18+,19?,20?,21-,22?/m1/s1. The summed E-state index contributed by atoms with van der Waals surface area (Å²) in [6, 6.07) is 0. The molecule has 26 heavy (non-hydrogen) atoms. The Morgan fingerprint density at radius 1 is 1.15 bits per heavy atom. The molecule has 6 aliphatic rings. The number of nitrogens with zero attached hydrogens (tertiary/aromatic N) is 1. The van der Waals surface area contributed by atoms with Crippen molar-refractivity contribution in [3.05, 3.63) is 12.2 Å². The third kappa shape index (κ3) is 1.90. The SMILES string of the molecule is CC(=O)N1CC2(C)CCCC3(C1)C1CC4C=C[C@]1(CC4(C)O)[C@@H](O)C[C@H]23. The lowest BCUT2D eigenvalue weighted by Crippen LogP contribution is -2.73. The highest BCUT2D eigenvalue weighted by Crippen LogP contribution is 2.72. The highest BCUT2D eigenvalue weighted by atomic mass is 16.3. The van der Waals surface area contributed by atoms with Crippen LogP contribution < -0.4 is 0 Å². The van der Waals surface area contributed by atoms with Crippen LogP contribution in [-0.2, 0) is 4.79 Å². The summed E-state index contributed by atoms with van der Waals surface area (Å²) in [6.45, 7) is 7.71. The van der Waals surface area contributed by atoms with E-state index in [-0.39, 0.29) is 34.2 Å². The third-order valence-corrected chi connectivity index (χ3v) is 9.42. The first kappa shape index (κ1) is 17.2. The molecule has 5 unspecified atom stereocenters. The summed E-state index contributed by atoms with van der Waals surface area (Å²) in [7, 11) is 0. The second-order valence-corrected chi connectivity index (χ2v) is 10.8. The van der Waals surface area contributed by atoms with E-state index in [0.717, 1.165) is 32.4 Å². The Labute approximate surface area is 156 Å². The van der Waals surface area contributed by atoms with E-state index in [2.05, 4.69) is 24.0 Å². The molecule has 4 bridgehead atoms. The largest absolute Gasteiger partial charge is 0.392 e. The molecule has 8 atom stereocenters. The molecule has 1 aliphatic heterocycles. The third-order valence-electron chi connectivity index (χ3n) is 9.42. The zero-order chi connectivity index (χ0) is 18.5. The summed E-state index contributed by atoms with van der Waals surface area (Å²) < 4.78 is 0. The van der Waals surface area contributed by atoms with E-state index in [1.807, 2.05) is 6.92 Å². The van der Waals surface area contributed by atoms with Crippen LogP contribution in [0.4, 0.5) is 0 Å². The Hall–Kier alpha value is -0.870. The summed E-state index contributed by atoms with van der Waals surface area (Å²) in [5, 5.41) is 22.3. The summed E-state index contributed by atoms with van der Waals surface area (Å²) in [6.07, 6.45) is 10.1. The fourth-order valence-corrected chi connectivity index (χ4v) is 8.39. The molecule has 2 N–H and O–H groups in total. The van der Waals surface area contributed by atoms with E-state index >= 15 is 0 Å². The Bertz CT molecular complexity index is 687. The molecule has 5 aliphatic carbocycles. The Morgan fingerprint density at radius 2 is 1.92 bits per heavy atom. The van der Waals surface area contributed by atoms with Gasteiger partial charge in [-0.1, -0.05) is 25.5 Å². The molecule has 0 aromatic heterocycles. The summed E-state index contributed by atoms with van der Waals surface area (Å²) in [5.41, 5.74) is -0.807.